The van der Waals surface area contributed by atoms with Crippen molar-refractivity contribution in [2.45, 2.75) is 31.7 Å². The molecule has 0 atom stereocenters. The van der Waals surface area contributed by atoms with Crippen LogP contribution in [0.2, 0.25) is 0 Å². The molecule has 1 amide bonds. The standard InChI is InChI=1S/C14H16BrFN2O3/c15-7-2-8-17(11-3-1-4-11)14(19)12-9-10(16)5-6-13(12)18(20)21/h5-6,9,11H,1-4,7-8H2. The second-order valence-corrected chi connectivity index (χ2v) is 5.84. The van der Waals surface area contributed by atoms with Crippen LogP contribution in [-0.2, 0) is 0 Å². The molecule has 0 spiro atoms. The highest BCUT2D eigenvalue weighted by Gasteiger charge is 2.32. The zero-order valence-electron chi connectivity index (χ0n) is 11.4. The average Bonchev–Trinajstić information content (AvgIpc) is 2.40. The SMILES string of the molecule is O=C(c1cc(F)ccc1[N+](=O)[O-])N(CCCBr)C1CCC1. The van der Waals surface area contributed by atoms with E-state index in [4.69, 9.17) is 0 Å². The van der Waals surface area contributed by atoms with Gasteiger partial charge in [0, 0.05) is 24.0 Å². The van der Waals surface area contributed by atoms with Crippen molar-refractivity contribution in [3.05, 3.63) is 39.7 Å². The quantitative estimate of drug-likeness (QED) is 0.444. The number of nitro benzene ring substituents is 1. The van der Waals surface area contributed by atoms with E-state index in [1.807, 2.05) is 0 Å². The number of carbonyl (C=O) groups is 1. The number of nitrogens with zero attached hydrogens (tertiary/aromatic N) is 2. The summed E-state index contributed by atoms with van der Waals surface area (Å²) in [4.78, 5) is 24.6. The number of hydrogen-bond acceptors (Lipinski definition) is 3. The molecule has 1 saturated carbocycles. The van der Waals surface area contributed by atoms with Gasteiger partial charge >= 0.3 is 0 Å². The Balaban J connectivity index is 2.30. The van der Waals surface area contributed by atoms with Crippen LogP contribution in [0.1, 0.15) is 36.0 Å². The largest absolute Gasteiger partial charge is 0.335 e. The number of benzene rings is 1. The van der Waals surface area contributed by atoms with Crippen molar-refractivity contribution in [3.63, 3.8) is 0 Å². The molecular formula is C14H16BrFN2O3. The Morgan fingerprint density at radius 1 is 1.48 bits per heavy atom. The molecule has 0 bridgehead atoms. The lowest BCUT2D eigenvalue weighted by Crippen LogP contribution is -2.45. The highest BCUT2D eigenvalue weighted by molar-refractivity contribution is 9.09. The molecule has 1 aromatic carbocycles. The first-order chi connectivity index (χ1) is 10.0. The first kappa shape index (κ1) is 15.9. The van der Waals surface area contributed by atoms with Gasteiger partial charge in [-0.25, -0.2) is 4.39 Å². The van der Waals surface area contributed by atoms with Crippen LogP contribution in [0.4, 0.5) is 10.1 Å². The third-order valence-electron chi connectivity index (χ3n) is 3.69. The molecule has 21 heavy (non-hydrogen) atoms. The van der Waals surface area contributed by atoms with E-state index in [0.717, 1.165) is 49.2 Å². The van der Waals surface area contributed by atoms with E-state index in [9.17, 15) is 19.3 Å². The van der Waals surface area contributed by atoms with Crippen LogP contribution in [0.15, 0.2) is 18.2 Å². The molecule has 0 aliphatic heterocycles. The average molecular weight is 359 g/mol. The summed E-state index contributed by atoms with van der Waals surface area (Å²) >= 11 is 3.32. The normalized spacial score (nSPS) is 14.6. The molecule has 0 radical (unpaired) electrons. The van der Waals surface area contributed by atoms with Crippen LogP contribution in [0.5, 0.6) is 0 Å². The fraction of sp³-hybridized carbons (Fsp3) is 0.500. The zero-order chi connectivity index (χ0) is 15.4. The smallest absolute Gasteiger partial charge is 0.282 e. The van der Waals surface area contributed by atoms with Crippen molar-refractivity contribution in [1.82, 2.24) is 4.90 Å². The van der Waals surface area contributed by atoms with E-state index in [2.05, 4.69) is 15.9 Å². The Labute approximate surface area is 130 Å². The summed E-state index contributed by atoms with van der Waals surface area (Å²) in [6, 6.07) is 3.12. The lowest BCUT2D eigenvalue weighted by atomic mass is 9.90. The summed E-state index contributed by atoms with van der Waals surface area (Å²) in [6.45, 7) is 0.516. The van der Waals surface area contributed by atoms with Crippen molar-refractivity contribution in [1.29, 1.82) is 0 Å². The summed E-state index contributed by atoms with van der Waals surface area (Å²) in [5, 5.41) is 11.8. The van der Waals surface area contributed by atoms with Crippen LogP contribution in [0, 0.1) is 15.9 Å². The maximum atomic E-state index is 13.4. The Morgan fingerprint density at radius 3 is 2.71 bits per heavy atom. The molecule has 0 unspecified atom stereocenters. The van der Waals surface area contributed by atoms with E-state index < -0.39 is 16.6 Å². The Morgan fingerprint density at radius 2 is 2.19 bits per heavy atom. The molecule has 1 fully saturated rings. The van der Waals surface area contributed by atoms with Crippen molar-refractivity contribution in [2.75, 3.05) is 11.9 Å². The van der Waals surface area contributed by atoms with Crippen LogP contribution in [-0.4, -0.2) is 33.6 Å². The van der Waals surface area contributed by atoms with Crippen LogP contribution >= 0.6 is 15.9 Å². The van der Waals surface area contributed by atoms with Gasteiger partial charge in [0.05, 0.1) is 4.92 Å². The summed E-state index contributed by atoms with van der Waals surface area (Å²) in [5.41, 5.74) is -0.508. The van der Waals surface area contributed by atoms with Crippen LogP contribution < -0.4 is 0 Å². The molecule has 1 aromatic rings. The number of alkyl halides is 1. The Bertz CT molecular complexity index is 549. The molecule has 5 nitrogen and oxygen atoms in total. The second kappa shape index (κ2) is 6.98. The monoisotopic (exact) mass is 358 g/mol. The molecule has 0 aromatic heterocycles. The van der Waals surface area contributed by atoms with Crippen molar-refractivity contribution >= 4 is 27.5 Å². The molecule has 7 heteroatoms. The van der Waals surface area contributed by atoms with Gasteiger partial charge < -0.3 is 4.90 Å². The summed E-state index contributed by atoms with van der Waals surface area (Å²) in [6.07, 6.45) is 3.60. The topological polar surface area (TPSA) is 63.4 Å². The fourth-order valence-electron chi connectivity index (χ4n) is 2.37. The highest BCUT2D eigenvalue weighted by atomic mass is 79.9. The predicted octanol–water partition coefficient (Wildman–Crippen LogP) is 3.51. The van der Waals surface area contributed by atoms with Crippen molar-refractivity contribution in [3.8, 4) is 0 Å². The van der Waals surface area contributed by atoms with Crippen molar-refractivity contribution in [2.24, 2.45) is 0 Å². The van der Waals surface area contributed by atoms with E-state index in [1.165, 1.54) is 0 Å². The lowest BCUT2D eigenvalue weighted by Gasteiger charge is -2.37. The van der Waals surface area contributed by atoms with Crippen molar-refractivity contribution < 1.29 is 14.1 Å². The number of rotatable bonds is 6. The van der Waals surface area contributed by atoms with E-state index >= 15 is 0 Å². The van der Waals surface area contributed by atoms with Gasteiger partial charge in [-0.05, 0) is 37.8 Å². The minimum Gasteiger partial charge on any atom is -0.335 e. The number of halogens is 2. The van der Waals surface area contributed by atoms with E-state index in [-0.39, 0.29) is 17.3 Å². The number of carbonyl (C=O) groups excluding carboxylic acids is 1. The van der Waals surface area contributed by atoms with Crippen LogP contribution in [0.25, 0.3) is 0 Å². The van der Waals surface area contributed by atoms with Gasteiger partial charge in [0.1, 0.15) is 11.4 Å². The summed E-state index contributed by atoms with van der Waals surface area (Å²) in [5.74, 6) is -1.09. The Kier molecular flexibility index (Phi) is 5.27. The third kappa shape index (κ3) is 3.58. The molecule has 0 saturated heterocycles. The minimum absolute atomic E-state index is 0.111. The van der Waals surface area contributed by atoms with Gasteiger partial charge in [-0.3, -0.25) is 14.9 Å². The number of hydrogen-bond donors (Lipinski definition) is 0. The minimum atomic E-state index is -0.643. The maximum absolute atomic E-state index is 13.4. The number of nitro groups is 1. The molecule has 2 rings (SSSR count). The van der Waals surface area contributed by atoms with Gasteiger partial charge in [0.25, 0.3) is 11.6 Å². The zero-order valence-corrected chi connectivity index (χ0v) is 13.0. The fourth-order valence-corrected chi connectivity index (χ4v) is 2.62. The molecule has 0 N–H and O–H groups in total. The molecule has 1 aliphatic carbocycles. The Hall–Kier alpha value is -1.50. The molecule has 0 heterocycles. The molecule has 1 aliphatic rings. The first-order valence-corrected chi connectivity index (χ1v) is 7.97. The predicted molar refractivity (Wildman–Crippen MR) is 80.1 cm³/mol. The maximum Gasteiger partial charge on any atom is 0.282 e. The first-order valence-electron chi connectivity index (χ1n) is 6.85. The van der Waals surface area contributed by atoms with Gasteiger partial charge in [-0.15, -0.1) is 0 Å². The van der Waals surface area contributed by atoms with E-state index in [1.54, 1.807) is 4.90 Å². The summed E-state index contributed by atoms with van der Waals surface area (Å²) < 4.78 is 13.4. The van der Waals surface area contributed by atoms with E-state index in [0.29, 0.717) is 6.54 Å². The second-order valence-electron chi connectivity index (χ2n) is 5.04. The number of amides is 1. The van der Waals surface area contributed by atoms with Gasteiger partial charge in [0.2, 0.25) is 0 Å². The van der Waals surface area contributed by atoms with Gasteiger partial charge in [0.15, 0.2) is 0 Å². The van der Waals surface area contributed by atoms with Crippen LogP contribution in [0.3, 0.4) is 0 Å². The lowest BCUT2D eigenvalue weighted by molar-refractivity contribution is -0.385. The molecular weight excluding hydrogens is 343 g/mol. The van der Waals surface area contributed by atoms with Gasteiger partial charge in [-0.2, -0.15) is 0 Å². The highest BCUT2D eigenvalue weighted by Crippen LogP contribution is 2.29. The van der Waals surface area contributed by atoms with Gasteiger partial charge in [-0.1, -0.05) is 15.9 Å². The summed E-state index contributed by atoms with van der Waals surface area (Å²) in [7, 11) is 0. The third-order valence-corrected chi connectivity index (χ3v) is 4.26. The molecule has 114 valence electrons.